The number of thioether (sulfide) groups is 1. The molecule has 1 aromatic carbocycles. The van der Waals surface area contributed by atoms with E-state index in [1.54, 1.807) is 24.1 Å². The van der Waals surface area contributed by atoms with Crippen molar-refractivity contribution in [2.75, 3.05) is 12.8 Å². The number of nitrogens with two attached hydrogens (primary N) is 2. The first-order valence-corrected chi connectivity index (χ1v) is 7.04. The van der Waals surface area contributed by atoms with Crippen molar-refractivity contribution in [3.05, 3.63) is 34.9 Å². The molecule has 0 bridgehead atoms. The predicted octanol–water partition coefficient (Wildman–Crippen LogP) is 1.24. The fraction of sp³-hybridized carbons (Fsp3) is 0.250. The molecule has 0 unspecified atom stereocenters. The van der Waals surface area contributed by atoms with Crippen LogP contribution in [0, 0.1) is 5.41 Å². The van der Waals surface area contributed by atoms with Gasteiger partial charge < -0.3 is 16.4 Å². The largest absolute Gasteiger partial charge is 0.370 e. The number of hydrogen-bond donors (Lipinski definition) is 3. The zero-order valence-electron chi connectivity index (χ0n) is 11.0. The molecule has 0 heterocycles. The number of hydrogen-bond acceptors (Lipinski definition) is 3. The van der Waals surface area contributed by atoms with Crippen LogP contribution < -0.4 is 11.5 Å². The van der Waals surface area contributed by atoms with Gasteiger partial charge in [0.15, 0.2) is 11.1 Å². The van der Waals surface area contributed by atoms with Crippen LogP contribution in [0.1, 0.15) is 5.56 Å². The Balaban J connectivity index is 2.47. The van der Waals surface area contributed by atoms with Crippen LogP contribution >= 0.6 is 23.4 Å². The average molecular weight is 314 g/mol. The molecule has 0 aliphatic rings. The van der Waals surface area contributed by atoms with Crippen LogP contribution in [0.25, 0.3) is 0 Å². The molecular weight excluding hydrogens is 298 g/mol. The molecule has 0 radical (unpaired) electrons. The summed E-state index contributed by atoms with van der Waals surface area (Å²) in [6.07, 6.45) is 0. The van der Waals surface area contributed by atoms with Crippen molar-refractivity contribution in [1.82, 2.24) is 4.90 Å². The normalized spacial score (nSPS) is 9.90. The molecule has 6 nitrogen and oxygen atoms in total. The van der Waals surface area contributed by atoms with Crippen LogP contribution in [-0.2, 0) is 11.3 Å². The lowest BCUT2D eigenvalue weighted by Gasteiger charge is -2.17. The Labute approximate surface area is 126 Å². The number of amidine groups is 1. The number of carbonyl (C=O) groups excluding carboxylic acids is 1. The van der Waals surface area contributed by atoms with Crippen LogP contribution in [0.4, 0.5) is 0 Å². The molecule has 5 N–H and O–H groups in total. The van der Waals surface area contributed by atoms with E-state index in [-0.39, 0.29) is 22.8 Å². The summed E-state index contributed by atoms with van der Waals surface area (Å²) in [5, 5.41) is 7.97. The van der Waals surface area contributed by atoms with Gasteiger partial charge in [-0.2, -0.15) is 4.99 Å². The fourth-order valence-electron chi connectivity index (χ4n) is 1.39. The minimum atomic E-state index is -0.192. The summed E-state index contributed by atoms with van der Waals surface area (Å²) in [6.45, 7) is 0.454. The zero-order chi connectivity index (χ0) is 15.1. The van der Waals surface area contributed by atoms with Crippen molar-refractivity contribution in [1.29, 1.82) is 5.41 Å². The average Bonchev–Trinajstić information content (AvgIpc) is 2.35. The number of guanidine groups is 1. The Kier molecular flexibility index (Phi) is 6.33. The summed E-state index contributed by atoms with van der Waals surface area (Å²) < 4.78 is 0. The first kappa shape index (κ1) is 16.3. The lowest BCUT2D eigenvalue weighted by molar-refractivity contribution is -0.127. The van der Waals surface area contributed by atoms with E-state index in [1.807, 2.05) is 12.1 Å². The summed E-state index contributed by atoms with van der Waals surface area (Å²) in [6, 6.07) is 7.31. The standard InChI is InChI=1S/C12H16ClN5OS/c1-18(6-8-3-2-4-9(13)5-8)10(19)7-20-12(16)17-11(14)15/h2-5H,6-7H2,1H3,(H5,14,15,16,17). The lowest BCUT2D eigenvalue weighted by Crippen LogP contribution is -2.28. The Hall–Kier alpha value is -1.73. The molecule has 108 valence electrons. The second-order valence-electron chi connectivity index (χ2n) is 4.01. The monoisotopic (exact) mass is 313 g/mol. The van der Waals surface area contributed by atoms with E-state index in [0.29, 0.717) is 11.6 Å². The number of benzene rings is 1. The van der Waals surface area contributed by atoms with Gasteiger partial charge >= 0.3 is 0 Å². The third-order valence-corrected chi connectivity index (χ3v) is 3.29. The van der Waals surface area contributed by atoms with Gasteiger partial charge in [-0.1, -0.05) is 35.5 Å². The van der Waals surface area contributed by atoms with Gasteiger partial charge in [0.2, 0.25) is 5.91 Å². The molecule has 0 aromatic heterocycles. The van der Waals surface area contributed by atoms with E-state index in [0.717, 1.165) is 17.3 Å². The van der Waals surface area contributed by atoms with E-state index < -0.39 is 0 Å². The van der Waals surface area contributed by atoms with Crippen LogP contribution in [0.5, 0.6) is 0 Å². The van der Waals surface area contributed by atoms with Gasteiger partial charge in [0.1, 0.15) is 0 Å². The molecule has 0 aliphatic carbocycles. The van der Waals surface area contributed by atoms with Crippen molar-refractivity contribution in [3.8, 4) is 0 Å². The van der Waals surface area contributed by atoms with Gasteiger partial charge in [0, 0.05) is 18.6 Å². The number of rotatable bonds is 4. The van der Waals surface area contributed by atoms with E-state index in [4.69, 9.17) is 28.5 Å². The van der Waals surface area contributed by atoms with E-state index in [9.17, 15) is 4.79 Å². The molecule has 1 rings (SSSR count). The molecule has 0 saturated heterocycles. The first-order chi connectivity index (χ1) is 9.38. The number of carbonyl (C=O) groups is 1. The van der Waals surface area contributed by atoms with E-state index in [1.165, 1.54) is 0 Å². The number of nitrogens with one attached hydrogen (secondary N) is 1. The van der Waals surface area contributed by atoms with E-state index >= 15 is 0 Å². The maximum atomic E-state index is 11.9. The number of amides is 1. The Morgan fingerprint density at radius 2 is 2.20 bits per heavy atom. The highest BCUT2D eigenvalue weighted by Crippen LogP contribution is 2.13. The van der Waals surface area contributed by atoms with Gasteiger partial charge in [-0.3, -0.25) is 10.2 Å². The third-order valence-electron chi connectivity index (χ3n) is 2.30. The SMILES string of the molecule is CN(Cc1cccc(Cl)c1)C(=O)CSC(=N)N=C(N)N. The van der Waals surface area contributed by atoms with Crippen molar-refractivity contribution >= 4 is 40.4 Å². The van der Waals surface area contributed by atoms with Gasteiger partial charge in [-0.05, 0) is 17.7 Å². The van der Waals surface area contributed by atoms with Crippen LogP contribution in [0.15, 0.2) is 29.3 Å². The highest BCUT2D eigenvalue weighted by molar-refractivity contribution is 8.14. The van der Waals surface area contributed by atoms with Crippen LogP contribution in [-0.4, -0.2) is 34.7 Å². The number of aliphatic imine (C=N–C) groups is 1. The first-order valence-electron chi connectivity index (χ1n) is 5.68. The van der Waals surface area contributed by atoms with Crippen LogP contribution in [0.2, 0.25) is 5.02 Å². The molecule has 20 heavy (non-hydrogen) atoms. The third kappa shape index (κ3) is 5.94. The zero-order valence-corrected chi connectivity index (χ0v) is 12.5. The number of halogens is 1. The van der Waals surface area contributed by atoms with Crippen molar-refractivity contribution < 1.29 is 4.79 Å². The summed E-state index contributed by atoms with van der Waals surface area (Å²) >= 11 is 6.86. The molecule has 0 aliphatic heterocycles. The van der Waals surface area contributed by atoms with Gasteiger partial charge in [0.05, 0.1) is 5.75 Å². The summed E-state index contributed by atoms with van der Waals surface area (Å²) in [4.78, 5) is 17.0. The Morgan fingerprint density at radius 3 is 2.80 bits per heavy atom. The topological polar surface area (TPSA) is 109 Å². The molecule has 0 saturated carbocycles. The Morgan fingerprint density at radius 1 is 1.50 bits per heavy atom. The molecule has 0 spiro atoms. The maximum absolute atomic E-state index is 11.9. The molecule has 8 heteroatoms. The molecule has 1 aromatic rings. The van der Waals surface area contributed by atoms with Gasteiger partial charge in [0.25, 0.3) is 0 Å². The molecular formula is C12H16ClN5OS. The molecule has 1 amide bonds. The van der Waals surface area contributed by atoms with Crippen molar-refractivity contribution in [2.24, 2.45) is 16.5 Å². The van der Waals surface area contributed by atoms with Crippen molar-refractivity contribution in [3.63, 3.8) is 0 Å². The quantitative estimate of drug-likeness (QED) is 0.574. The van der Waals surface area contributed by atoms with Crippen LogP contribution in [0.3, 0.4) is 0 Å². The summed E-state index contributed by atoms with van der Waals surface area (Å²) in [5.41, 5.74) is 11.2. The Bertz CT molecular complexity index is 530. The van der Waals surface area contributed by atoms with Crippen molar-refractivity contribution in [2.45, 2.75) is 6.54 Å². The molecule has 0 fully saturated rings. The highest BCUT2D eigenvalue weighted by atomic mass is 35.5. The second-order valence-corrected chi connectivity index (χ2v) is 5.41. The maximum Gasteiger partial charge on any atom is 0.233 e. The minimum absolute atomic E-state index is 0.0884. The lowest BCUT2D eigenvalue weighted by atomic mass is 10.2. The summed E-state index contributed by atoms with van der Waals surface area (Å²) in [5.74, 6) is -0.208. The van der Waals surface area contributed by atoms with E-state index in [2.05, 4.69) is 4.99 Å². The highest BCUT2D eigenvalue weighted by Gasteiger charge is 2.11. The minimum Gasteiger partial charge on any atom is -0.370 e. The van der Waals surface area contributed by atoms with Gasteiger partial charge in [-0.25, -0.2) is 0 Å². The molecule has 0 atom stereocenters. The number of nitrogens with zero attached hydrogens (tertiary/aromatic N) is 2. The predicted molar refractivity (Wildman–Crippen MR) is 83.9 cm³/mol. The van der Waals surface area contributed by atoms with Gasteiger partial charge in [-0.15, -0.1) is 0 Å². The summed E-state index contributed by atoms with van der Waals surface area (Å²) in [7, 11) is 1.69. The second kappa shape index (κ2) is 7.76. The smallest absolute Gasteiger partial charge is 0.233 e. The fourth-order valence-corrected chi connectivity index (χ4v) is 2.25.